The Labute approximate surface area is 104 Å². The van der Waals surface area contributed by atoms with Crippen molar-refractivity contribution in [2.45, 2.75) is 32.9 Å². The Morgan fingerprint density at radius 1 is 1.53 bits per heavy atom. The van der Waals surface area contributed by atoms with Crippen LogP contribution < -0.4 is 16.4 Å². The van der Waals surface area contributed by atoms with Crippen molar-refractivity contribution in [3.63, 3.8) is 0 Å². The first-order chi connectivity index (χ1) is 7.91. The van der Waals surface area contributed by atoms with E-state index in [0.29, 0.717) is 17.1 Å². The zero-order valence-corrected chi connectivity index (χ0v) is 11.0. The number of aromatic nitrogens is 1. The van der Waals surface area contributed by atoms with Gasteiger partial charge in [-0.25, -0.2) is 0 Å². The third-order valence-corrected chi connectivity index (χ3v) is 2.74. The molecule has 1 amide bonds. The molecule has 0 aromatic carbocycles. The number of nitrogen functional groups attached to an aromatic ring is 1. The number of anilines is 2. The summed E-state index contributed by atoms with van der Waals surface area (Å²) in [5.74, 6) is -0.0411. The lowest BCUT2D eigenvalue weighted by Crippen LogP contribution is -2.31. The van der Waals surface area contributed by atoms with E-state index in [1.54, 1.807) is 6.92 Å². The summed E-state index contributed by atoms with van der Waals surface area (Å²) in [7, 11) is 0. The fourth-order valence-corrected chi connectivity index (χ4v) is 1.93. The summed E-state index contributed by atoms with van der Waals surface area (Å²) in [5.41, 5.74) is 6.01. The molecular formula is C10H18N4O2S. The van der Waals surface area contributed by atoms with Gasteiger partial charge in [0, 0.05) is 12.6 Å². The number of rotatable bonds is 5. The summed E-state index contributed by atoms with van der Waals surface area (Å²) in [4.78, 5) is 11.9. The molecule has 7 heteroatoms. The first-order valence-electron chi connectivity index (χ1n) is 5.39. The molecule has 17 heavy (non-hydrogen) atoms. The van der Waals surface area contributed by atoms with Gasteiger partial charge in [0.2, 0.25) is 0 Å². The van der Waals surface area contributed by atoms with E-state index < -0.39 is 6.10 Å². The summed E-state index contributed by atoms with van der Waals surface area (Å²) < 4.78 is 3.94. The SMILES string of the molecule is CC(O)CNc1snc(N)c1C(=O)NC(C)C. The molecule has 0 aliphatic carbocycles. The summed E-state index contributed by atoms with van der Waals surface area (Å²) in [6, 6.07) is 0.0337. The second-order valence-corrected chi connectivity index (χ2v) is 4.90. The first kappa shape index (κ1) is 13.7. The molecule has 1 aromatic rings. The highest BCUT2D eigenvalue weighted by Crippen LogP contribution is 2.26. The van der Waals surface area contributed by atoms with Crippen molar-refractivity contribution < 1.29 is 9.90 Å². The Morgan fingerprint density at radius 2 is 2.18 bits per heavy atom. The lowest BCUT2D eigenvalue weighted by molar-refractivity contribution is 0.0945. The highest BCUT2D eigenvalue weighted by molar-refractivity contribution is 7.11. The smallest absolute Gasteiger partial charge is 0.258 e. The number of nitrogens with two attached hydrogens (primary N) is 1. The van der Waals surface area contributed by atoms with Gasteiger partial charge >= 0.3 is 0 Å². The predicted octanol–water partition coefficient (Wildman–Crippen LogP) is 0.656. The van der Waals surface area contributed by atoms with Crippen LogP contribution in [0.5, 0.6) is 0 Å². The van der Waals surface area contributed by atoms with Gasteiger partial charge in [0.05, 0.1) is 6.10 Å². The van der Waals surface area contributed by atoms with E-state index in [1.807, 2.05) is 13.8 Å². The number of aliphatic hydroxyl groups is 1. The number of amides is 1. The second kappa shape index (κ2) is 5.83. The van der Waals surface area contributed by atoms with Crippen LogP contribution in [-0.4, -0.2) is 34.1 Å². The normalized spacial score (nSPS) is 12.5. The van der Waals surface area contributed by atoms with Crippen LogP contribution >= 0.6 is 11.5 Å². The van der Waals surface area contributed by atoms with Crippen molar-refractivity contribution >= 4 is 28.3 Å². The molecule has 5 N–H and O–H groups in total. The number of nitrogens with zero attached hydrogens (tertiary/aromatic N) is 1. The zero-order chi connectivity index (χ0) is 13.0. The van der Waals surface area contributed by atoms with Crippen molar-refractivity contribution in [1.29, 1.82) is 0 Å². The summed E-state index contributed by atoms with van der Waals surface area (Å²) in [6.07, 6.45) is -0.501. The average molecular weight is 258 g/mol. The van der Waals surface area contributed by atoms with E-state index in [0.717, 1.165) is 11.5 Å². The maximum atomic E-state index is 11.9. The summed E-state index contributed by atoms with van der Waals surface area (Å²) in [5, 5.41) is 15.5. The third kappa shape index (κ3) is 3.86. The van der Waals surface area contributed by atoms with Crippen molar-refractivity contribution in [2.24, 2.45) is 0 Å². The quantitative estimate of drug-likeness (QED) is 0.621. The minimum Gasteiger partial charge on any atom is -0.392 e. The lowest BCUT2D eigenvalue weighted by Gasteiger charge is -2.11. The second-order valence-electron chi connectivity index (χ2n) is 4.13. The molecule has 0 aliphatic heterocycles. The van der Waals surface area contributed by atoms with Gasteiger partial charge in [0.15, 0.2) is 5.82 Å². The molecule has 0 saturated heterocycles. The molecular weight excluding hydrogens is 240 g/mol. The summed E-state index contributed by atoms with van der Waals surface area (Å²) >= 11 is 1.12. The topological polar surface area (TPSA) is 100 Å². The molecule has 0 bridgehead atoms. The summed E-state index contributed by atoms with van der Waals surface area (Å²) in [6.45, 7) is 5.75. The van der Waals surface area contributed by atoms with Crippen LogP contribution in [0.25, 0.3) is 0 Å². The molecule has 1 atom stereocenters. The Balaban J connectivity index is 2.82. The van der Waals surface area contributed by atoms with E-state index >= 15 is 0 Å². The molecule has 0 aliphatic rings. The highest BCUT2D eigenvalue weighted by atomic mass is 32.1. The van der Waals surface area contributed by atoms with Gasteiger partial charge in [-0.2, -0.15) is 4.37 Å². The van der Waals surface area contributed by atoms with E-state index in [1.165, 1.54) is 0 Å². The maximum absolute atomic E-state index is 11.9. The standard InChI is InChI=1S/C10H18N4O2S/c1-5(2)13-9(16)7-8(11)14-17-10(7)12-4-6(3)15/h5-6,12,15H,4H2,1-3H3,(H2,11,14)(H,13,16). The molecule has 0 spiro atoms. The Kier molecular flexibility index (Phi) is 4.71. The fraction of sp³-hybridized carbons (Fsp3) is 0.600. The molecule has 0 fully saturated rings. The minimum absolute atomic E-state index is 0.0337. The Hall–Kier alpha value is -1.34. The predicted molar refractivity (Wildman–Crippen MR) is 69.3 cm³/mol. The van der Waals surface area contributed by atoms with Crippen LogP contribution in [0.4, 0.5) is 10.8 Å². The van der Waals surface area contributed by atoms with Crippen LogP contribution in [0.1, 0.15) is 31.1 Å². The minimum atomic E-state index is -0.501. The van der Waals surface area contributed by atoms with Crippen molar-refractivity contribution in [3.8, 4) is 0 Å². The van der Waals surface area contributed by atoms with Gasteiger partial charge in [-0.1, -0.05) is 0 Å². The molecule has 1 unspecified atom stereocenters. The van der Waals surface area contributed by atoms with Gasteiger partial charge in [0.25, 0.3) is 5.91 Å². The zero-order valence-electron chi connectivity index (χ0n) is 10.2. The Bertz CT molecular complexity index is 390. The molecule has 96 valence electrons. The van der Waals surface area contributed by atoms with E-state index in [2.05, 4.69) is 15.0 Å². The molecule has 1 rings (SSSR count). The van der Waals surface area contributed by atoms with Crippen LogP contribution in [0.2, 0.25) is 0 Å². The van der Waals surface area contributed by atoms with E-state index in [-0.39, 0.29) is 17.8 Å². The number of aliphatic hydroxyl groups excluding tert-OH is 1. The average Bonchev–Trinajstić information content (AvgIpc) is 2.55. The van der Waals surface area contributed by atoms with Crippen molar-refractivity contribution in [2.75, 3.05) is 17.6 Å². The van der Waals surface area contributed by atoms with Crippen molar-refractivity contribution in [1.82, 2.24) is 9.69 Å². The Morgan fingerprint density at radius 3 is 2.71 bits per heavy atom. The lowest BCUT2D eigenvalue weighted by atomic mass is 10.2. The van der Waals surface area contributed by atoms with Crippen LogP contribution in [0.3, 0.4) is 0 Å². The molecule has 0 saturated carbocycles. The van der Waals surface area contributed by atoms with Gasteiger partial charge in [-0.05, 0) is 32.3 Å². The number of hydrogen-bond donors (Lipinski definition) is 4. The fourth-order valence-electron chi connectivity index (χ4n) is 1.22. The van der Waals surface area contributed by atoms with Crippen LogP contribution in [0.15, 0.2) is 0 Å². The molecule has 6 nitrogen and oxygen atoms in total. The first-order valence-corrected chi connectivity index (χ1v) is 6.17. The highest BCUT2D eigenvalue weighted by Gasteiger charge is 2.19. The van der Waals surface area contributed by atoms with E-state index in [9.17, 15) is 9.90 Å². The van der Waals surface area contributed by atoms with Crippen molar-refractivity contribution in [3.05, 3.63) is 5.56 Å². The number of carbonyl (C=O) groups excluding carboxylic acids is 1. The number of hydrogen-bond acceptors (Lipinski definition) is 6. The monoisotopic (exact) mass is 258 g/mol. The van der Waals surface area contributed by atoms with Gasteiger partial charge in [-0.15, -0.1) is 0 Å². The van der Waals surface area contributed by atoms with Gasteiger partial charge < -0.3 is 21.5 Å². The van der Waals surface area contributed by atoms with Crippen LogP contribution in [-0.2, 0) is 0 Å². The van der Waals surface area contributed by atoms with E-state index in [4.69, 9.17) is 5.73 Å². The molecule has 0 radical (unpaired) electrons. The maximum Gasteiger partial charge on any atom is 0.258 e. The third-order valence-electron chi connectivity index (χ3n) is 1.92. The molecule has 1 aromatic heterocycles. The number of carbonyl (C=O) groups is 1. The van der Waals surface area contributed by atoms with Gasteiger partial charge in [-0.3, -0.25) is 4.79 Å². The number of nitrogens with one attached hydrogen (secondary N) is 2. The molecule has 1 heterocycles. The van der Waals surface area contributed by atoms with Crippen LogP contribution in [0, 0.1) is 0 Å². The van der Waals surface area contributed by atoms with Gasteiger partial charge in [0.1, 0.15) is 10.6 Å². The largest absolute Gasteiger partial charge is 0.392 e.